The van der Waals surface area contributed by atoms with Gasteiger partial charge in [-0.3, -0.25) is 0 Å². The maximum atomic E-state index is 6.19. The molecule has 4 heteroatoms. The SMILES string of the molecule is c1ccc(C[N+]2(CCOc3ccccc3)CC[N+](CCOc3ccccc3)(Cc3ccccc3)CC2)cc1. The van der Waals surface area contributed by atoms with E-state index >= 15 is 0 Å². The van der Waals surface area contributed by atoms with E-state index < -0.39 is 0 Å². The van der Waals surface area contributed by atoms with Gasteiger partial charge in [0.25, 0.3) is 0 Å². The Morgan fingerprint density at radius 1 is 0.421 bits per heavy atom. The molecule has 0 aliphatic carbocycles. The van der Waals surface area contributed by atoms with Crippen LogP contribution in [0.3, 0.4) is 0 Å². The zero-order valence-corrected chi connectivity index (χ0v) is 22.3. The van der Waals surface area contributed by atoms with Gasteiger partial charge < -0.3 is 18.4 Å². The summed E-state index contributed by atoms with van der Waals surface area (Å²) in [6, 6.07) is 42.4. The van der Waals surface area contributed by atoms with Crippen LogP contribution in [0, 0.1) is 0 Å². The van der Waals surface area contributed by atoms with Crippen LogP contribution in [0.2, 0.25) is 0 Å². The Labute approximate surface area is 227 Å². The Morgan fingerprint density at radius 2 is 0.737 bits per heavy atom. The average Bonchev–Trinajstić information content (AvgIpc) is 2.97. The van der Waals surface area contributed by atoms with Crippen LogP contribution in [0.5, 0.6) is 11.5 Å². The van der Waals surface area contributed by atoms with E-state index in [0.717, 1.165) is 86.0 Å². The van der Waals surface area contributed by atoms with Crippen molar-refractivity contribution in [1.29, 1.82) is 0 Å². The number of piperazine rings is 1. The lowest BCUT2D eigenvalue weighted by molar-refractivity contribution is -1.04. The molecule has 4 aromatic rings. The second-order valence-electron chi connectivity index (χ2n) is 10.6. The molecular weight excluding hydrogens is 468 g/mol. The molecule has 0 unspecified atom stereocenters. The summed E-state index contributed by atoms with van der Waals surface area (Å²) >= 11 is 0. The topological polar surface area (TPSA) is 18.5 Å². The summed E-state index contributed by atoms with van der Waals surface area (Å²) < 4.78 is 14.5. The summed E-state index contributed by atoms with van der Waals surface area (Å²) in [6.45, 7) is 10.1. The first-order valence-corrected chi connectivity index (χ1v) is 13.9. The monoisotopic (exact) mass is 508 g/mol. The fraction of sp³-hybridized carbons (Fsp3) is 0.294. The molecule has 196 valence electrons. The van der Waals surface area contributed by atoms with Crippen LogP contribution >= 0.6 is 0 Å². The number of rotatable bonds is 12. The molecule has 0 spiro atoms. The number of hydrogen-bond acceptors (Lipinski definition) is 2. The average molecular weight is 509 g/mol. The molecule has 0 radical (unpaired) electrons. The molecule has 1 aliphatic heterocycles. The molecule has 1 saturated heterocycles. The second-order valence-corrected chi connectivity index (χ2v) is 10.6. The van der Waals surface area contributed by atoms with Crippen molar-refractivity contribution in [2.24, 2.45) is 0 Å². The van der Waals surface area contributed by atoms with Crippen LogP contribution in [0.1, 0.15) is 11.1 Å². The minimum absolute atomic E-state index is 0.729. The van der Waals surface area contributed by atoms with Gasteiger partial charge in [0.2, 0.25) is 0 Å². The van der Waals surface area contributed by atoms with Gasteiger partial charge >= 0.3 is 0 Å². The van der Waals surface area contributed by atoms with Gasteiger partial charge in [0.15, 0.2) is 0 Å². The lowest BCUT2D eigenvalue weighted by atomic mass is 10.1. The molecule has 0 amide bonds. The molecule has 1 aliphatic rings. The summed E-state index contributed by atoms with van der Waals surface area (Å²) in [5, 5.41) is 0. The quantitative estimate of drug-likeness (QED) is 0.212. The molecule has 1 heterocycles. The van der Waals surface area contributed by atoms with Gasteiger partial charge in [-0.05, 0) is 24.3 Å². The third-order valence-corrected chi connectivity index (χ3v) is 7.97. The van der Waals surface area contributed by atoms with E-state index in [4.69, 9.17) is 9.47 Å². The van der Waals surface area contributed by atoms with Gasteiger partial charge in [-0.2, -0.15) is 0 Å². The maximum Gasteiger partial charge on any atom is 0.137 e. The summed E-state index contributed by atoms with van der Waals surface area (Å²) in [7, 11) is 0. The normalized spacial score (nSPS) is 21.1. The van der Waals surface area contributed by atoms with Gasteiger partial charge in [0.05, 0.1) is 0 Å². The maximum absolute atomic E-state index is 6.19. The predicted octanol–water partition coefficient (Wildman–Crippen LogP) is 6.19. The number of benzene rings is 4. The zero-order valence-electron chi connectivity index (χ0n) is 22.3. The third-order valence-electron chi connectivity index (χ3n) is 7.97. The van der Waals surface area contributed by atoms with Crippen LogP contribution in [-0.2, 0) is 13.1 Å². The van der Waals surface area contributed by atoms with E-state index in [9.17, 15) is 0 Å². The lowest BCUT2D eigenvalue weighted by Gasteiger charge is -2.50. The number of para-hydroxylation sites is 2. The summed E-state index contributed by atoms with van der Waals surface area (Å²) in [5.74, 6) is 1.91. The van der Waals surface area contributed by atoms with Crippen molar-refractivity contribution in [3.63, 3.8) is 0 Å². The van der Waals surface area contributed by atoms with E-state index in [2.05, 4.69) is 60.7 Å². The molecule has 0 N–H and O–H groups in total. The van der Waals surface area contributed by atoms with E-state index in [1.54, 1.807) is 0 Å². The third kappa shape index (κ3) is 7.25. The molecule has 4 aromatic carbocycles. The fourth-order valence-corrected chi connectivity index (χ4v) is 5.68. The molecule has 1 fully saturated rings. The highest BCUT2D eigenvalue weighted by Gasteiger charge is 2.42. The van der Waals surface area contributed by atoms with Crippen molar-refractivity contribution in [3.8, 4) is 11.5 Å². The Bertz CT molecular complexity index is 1110. The second kappa shape index (κ2) is 12.8. The van der Waals surface area contributed by atoms with E-state index in [1.807, 2.05) is 60.7 Å². The van der Waals surface area contributed by atoms with Crippen molar-refractivity contribution in [3.05, 3.63) is 132 Å². The van der Waals surface area contributed by atoms with Crippen LogP contribution in [0.4, 0.5) is 0 Å². The lowest BCUT2D eigenvalue weighted by Crippen LogP contribution is -2.67. The van der Waals surface area contributed by atoms with Crippen molar-refractivity contribution in [2.45, 2.75) is 13.1 Å². The molecule has 0 bridgehead atoms. The first-order valence-electron chi connectivity index (χ1n) is 13.9. The van der Waals surface area contributed by atoms with Gasteiger partial charge in [0, 0.05) is 11.1 Å². The van der Waals surface area contributed by atoms with E-state index in [-0.39, 0.29) is 0 Å². The zero-order chi connectivity index (χ0) is 25.9. The van der Waals surface area contributed by atoms with Crippen LogP contribution in [-0.4, -0.2) is 61.4 Å². The molecule has 0 saturated carbocycles. The first kappa shape index (κ1) is 26.0. The Morgan fingerprint density at radius 3 is 1.08 bits per heavy atom. The number of ether oxygens (including phenoxy) is 2. The highest BCUT2D eigenvalue weighted by molar-refractivity contribution is 5.21. The number of nitrogens with zero attached hydrogens (tertiary/aromatic N) is 2. The highest BCUT2D eigenvalue weighted by Crippen LogP contribution is 2.26. The van der Waals surface area contributed by atoms with Crippen molar-refractivity contribution < 1.29 is 18.4 Å². The van der Waals surface area contributed by atoms with E-state index in [0.29, 0.717) is 0 Å². The van der Waals surface area contributed by atoms with Crippen molar-refractivity contribution in [1.82, 2.24) is 0 Å². The van der Waals surface area contributed by atoms with Crippen LogP contribution < -0.4 is 9.47 Å². The van der Waals surface area contributed by atoms with Crippen molar-refractivity contribution in [2.75, 3.05) is 52.5 Å². The van der Waals surface area contributed by atoms with Crippen molar-refractivity contribution >= 4 is 0 Å². The first-order chi connectivity index (χ1) is 18.7. The number of quaternary nitrogens is 2. The summed E-state index contributed by atoms with van der Waals surface area (Å²) in [4.78, 5) is 0. The van der Waals surface area contributed by atoms with Crippen LogP contribution in [0.25, 0.3) is 0 Å². The Kier molecular flexibility index (Phi) is 8.75. The van der Waals surface area contributed by atoms with Gasteiger partial charge in [0.1, 0.15) is 77.1 Å². The smallest absolute Gasteiger partial charge is 0.137 e. The standard InChI is InChI=1S/C34H40N2O2/c1-5-13-31(14-6-1)29-35(25-27-37-33-17-9-3-10-18-33)21-23-36(24-22-35,30-32-15-7-2-8-16-32)26-28-38-34-19-11-4-12-20-34/h1-20H,21-30H2/q+2. The van der Waals surface area contributed by atoms with Gasteiger partial charge in [-0.1, -0.05) is 97.1 Å². The Hall–Kier alpha value is -3.60. The molecule has 0 aromatic heterocycles. The summed E-state index contributed by atoms with van der Waals surface area (Å²) in [5.41, 5.74) is 2.81. The molecule has 4 nitrogen and oxygen atoms in total. The predicted molar refractivity (Wildman–Crippen MR) is 154 cm³/mol. The highest BCUT2D eigenvalue weighted by atomic mass is 16.5. The van der Waals surface area contributed by atoms with E-state index in [1.165, 1.54) is 11.1 Å². The summed E-state index contributed by atoms with van der Waals surface area (Å²) in [6.07, 6.45) is 0. The molecule has 0 atom stereocenters. The van der Waals surface area contributed by atoms with Crippen LogP contribution in [0.15, 0.2) is 121 Å². The number of hydrogen-bond donors (Lipinski definition) is 0. The molecule has 5 rings (SSSR count). The largest absolute Gasteiger partial charge is 0.488 e. The minimum Gasteiger partial charge on any atom is -0.488 e. The molecule has 38 heavy (non-hydrogen) atoms. The molecular formula is C34H40N2O2+2. The minimum atomic E-state index is 0.729. The Balaban J connectivity index is 1.30. The van der Waals surface area contributed by atoms with Gasteiger partial charge in [-0.25, -0.2) is 0 Å². The van der Waals surface area contributed by atoms with Gasteiger partial charge in [-0.15, -0.1) is 0 Å². The fourth-order valence-electron chi connectivity index (χ4n) is 5.68.